The average molecular weight is 349 g/mol. The Morgan fingerprint density at radius 1 is 1.58 bits per heavy atom. The molecule has 0 aliphatic carbocycles. The summed E-state index contributed by atoms with van der Waals surface area (Å²) < 4.78 is 0.650. The molecule has 1 aromatic carbocycles. The number of carbonyl (C=O) groups is 1. The van der Waals surface area contributed by atoms with E-state index in [1.165, 1.54) is 0 Å². The van der Waals surface area contributed by atoms with Crippen molar-refractivity contribution in [1.82, 2.24) is 5.32 Å². The van der Waals surface area contributed by atoms with Crippen LogP contribution in [0.2, 0.25) is 5.02 Å². The Labute approximate surface area is 124 Å². The SMILES string of the molecule is CC(C)(CNC(=O)c1ccc(Cl)c(Br)c1)/C(N)=N/O. The number of oxime groups is 1. The first-order valence-corrected chi connectivity index (χ1v) is 6.66. The number of nitrogens with one attached hydrogen (secondary N) is 1. The minimum atomic E-state index is -0.631. The zero-order valence-corrected chi connectivity index (χ0v) is 12.9. The molecule has 0 fully saturated rings. The van der Waals surface area contributed by atoms with E-state index in [2.05, 4.69) is 26.4 Å². The van der Waals surface area contributed by atoms with Crippen molar-refractivity contribution in [3.05, 3.63) is 33.3 Å². The molecular formula is C12H15BrClN3O2. The summed E-state index contributed by atoms with van der Waals surface area (Å²) >= 11 is 9.11. The molecule has 1 aromatic rings. The Morgan fingerprint density at radius 2 is 2.21 bits per heavy atom. The molecule has 7 heteroatoms. The Morgan fingerprint density at radius 3 is 2.74 bits per heavy atom. The van der Waals surface area contributed by atoms with E-state index in [9.17, 15) is 4.79 Å². The first-order valence-electron chi connectivity index (χ1n) is 5.49. The standard InChI is InChI=1S/C12H15BrClN3O2/c1-12(2,11(15)17-19)6-16-10(18)7-3-4-9(14)8(13)5-7/h3-5,19H,6H2,1-2H3,(H2,15,17)(H,16,18). The molecule has 0 bridgehead atoms. The normalized spacial score (nSPS) is 12.3. The summed E-state index contributed by atoms with van der Waals surface area (Å²) in [6.45, 7) is 3.78. The van der Waals surface area contributed by atoms with Crippen LogP contribution in [0.5, 0.6) is 0 Å². The van der Waals surface area contributed by atoms with Crippen LogP contribution >= 0.6 is 27.5 Å². The molecular weight excluding hydrogens is 334 g/mol. The van der Waals surface area contributed by atoms with Crippen molar-refractivity contribution in [3.63, 3.8) is 0 Å². The highest BCUT2D eigenvalue weighted by atomic mass is 79.9. The molecule has 19 heavy (non-hydrogen) atoms. The number of amides is 1. The number of nitrogens with two attached hydrogens (primary N) is 1. The van der Waals surface area contributed by atoms with Gasteiger partial charge >= 0.3 is 0 Å². The maximum Gasteiger partial charge on any atom is 0.251 e. The van der Waals surface area contributed by atoms with Crippen LogP contribution in [-0.4, -0.2) is 23.5 Å². The summed E-state index contributed by atoms with van der Waals surface area (Å²) in [5.41, 5.74) is 5.39. The highest BCUT2D eigenvalue weighted by molar-refractivity contribution is 9.10. The fraction of sp³-hybridized carbons (Fsp3) is 0.333. The van der Waals surface area contributed by atoms with E-state index in [0.29, 0.717) is 15.1 Å². The van der Waals surface area contributed by atoms with Gasteiger partial charge in [-0.05, 0) is 34.1 Å². The summed E-state index contributed by atoms with van der Waals surface area (Å²) in [7, 11) is 0. The predicted molar refractivity (Wildman–Crippen MR) is 78.7 cm³/mol. The molecule has 0 atom stereocenters. The molecule has 0 aliphatic rings. The first kappa shape index (κ1) is 15.8. The lowest BCUT2D eigenvalue weighted by molar-refractivity contribution is 0.0944. The zero-order valence-electron chi connectivity index (χ0n) is 10.6. The fourth-order valence-corrected chi connectivity index (χ4v) is 1.76. The second-order valence-corrected chi connectivity index (χ2v) is 5.94. The lowest BCUT2D eigenvalue weighted by Crippen LogP contribution is -2.42. The smallest absolute Gasteiger partial charge is 0.251 e. The van der Waals surface area contributed by atoms with Gasteiger partial charge in [-0.3, -0.25) is 4.79 Å². The Bertz CT molecular complexity index is 518. The third kappa shape index (κ3) is 4.11. The topological polar surface area (TPSA) is 87.7 Å². The van der Waals surface area contributed by atoms with Crippen LogP contribution in [0.1, 0.15) is 24.2 Å². The van der Waals surface area contributed by atoms with Gasteiger partial charge in [-0.25, -0.2) is 0 Å². The molecule has 0 aliphatic heterocycles. The van der Waals surface area contributed by atoms with Crippen molar-refractivity contribution in [2.45, 2.75) is 13.8 Å². The minimum absolute atomic E-state index is 0.0603. The molecule has 0 saturated carbocycles. The summed E-state index contributed by atoms with van der Waals surface area (Å²) in [4.78, 5) is 11.9. The van der Waals surface area contributed by atoms with Crippen molar-refractivity contribution in [2.24, 2.45) is 16.3 Å². The number of benzene rings is 1. The van der Waals surface area contributed by atoms with E-state index < -0.39 is 5.41 Å². The Kier molecular flexibility index (Phi) is 5.20. The third-order valence-corrected chi connectivity index (χ3v) is 3.89. The van der Waals surface area contributed by atoms with E-state index in [-0.39, 0.29) is 18.3 Å². The lowest BCUT2D eigenvalue weighted by Gasteiger charge is -2.23. The number of hydrogen-bond acceptors (Lipinski definition) is 3. The van der Waals surface area contributed by atoms with Gasteiger partial charge in [0.15, 0.2) is 0 Å². The summed E-state index contributed by atoms with van der Waals surface area (Å²) in [6, 6.07) is 4.89. The molecule has 0 spiro atoms. The Hall–Kier alpha value is -1.27. The van der Waals surface area contributed by atoms with Crippen LogP contribution in [0, 0.1) is 5.41 Å². The van der Waals surface area contributed by atoms with Gasteiger partial charge in [-0.2, -0.15) is 0 Å². The second-order valence-electron chi connectivity index (χ2n) is 4.68. The van der Waals surface area contributed by atoms with Gasteiger partial charge in [-0.15, -0.1) is 0 Å². The summed E-state index contributed by atoms with van der Waals surface area (Å²) in [5.74, 6) is -0.193. The monoisotopic (exact) mass is 347 g/mol. The molecule has 1 amide bonds. The van der Waals surface area contributed by atoms with Gasteiger partial charge < -0.3 is 16.3 Å². The molecule has 1 rings (SSSR count). The molecule has 0 heterocycles. The number of amidine groups is 1. The van der Waals surface area contributed by atoms with Gasteiger partial charge in [0.05, 0.1) is 5.02 Å². The average Bonchev–Trinajstić information content (AvgIpc) is 2.38. The molecule has 0 saturated heterocycles. The van der Waals surface area contributed by atoms with Crippen LogP contribution in [0.15, 0.2) is 27.8 Å². The van der Waals surface area contributed by atoms with E-state index in [4.69, 9.17) is 22.5 Å². The predicted octanol–water partition coefficient (Wildman–Crippen LogP) is 2.60. The van der Waals surface area contributed by atoms with Crippen LogP contribution in [0.25, 0.3) is 0 Å². The molecule has 104 valence electrons. The first-order chi connectivity index (χ1) is 8.77. The van der Waals surface area contributed by atoms with Gasteiger partial charge in [0.1, 0.15) is 5.84 Å². The van der Waals surface area contributed by atoms with Gasteiger partial charge in [0.25, 0.3) is 5.91 Å². The lowest BCUT2D eigenvalue weighted by atomic mass is 9.92. The number of hydrogen-bond donors (Lipinski definition) is 3. The number of carbonyl (C=O) groups excluding carboxylic acids is 1. The molecule has 0 aromatic heterocycles. The molecule has 0 radical (unpaired) electrons. The number of rotatable bonds is 4. The van der Waals surface area contributed by atoms with Gasteiger partial charge in [0, 0.05) is 22.0 Å². The van der Waals surface area contributed by atoms with Crippen LogP contribution in [0.4, 0.5) is 0 Å². The van der Waals surface area contributed by atoms with E-state index in [0.717, 1.165) is 0 Å². The fourth-order valence-electron chi connectivity index (χ4n) is 1.27. The van der Waals surface area contributed by atoms with Crippen LogP contribution in [0.3, 0.4) is 0 Å². The molecule has 0 unspecified atom stereocenters. The summed E-state index contributed by atoms with van der Waals surface area (Å²) in [6.07, 6.45) is 0. The van der Waals surface area contributed by atoms with E-state index in [1.54, 1.807) is 32.0 Å². The van der Waals surface area contributed by atoms with Crippen molar-refractivity contribution in [3.8, 4) is 0 Å². The van der Waals surface area contributed by atoms with Crippen molar-refractivity contribution in [1.29, 1.82) is 0 Å². The number of halogens is 2. The van der Waals surface area contributed by atoms with Crippen molar-refractivity contribution < 1.29 is 10.0 Å². The van der Waals surface area contributed by atoms with Crippen molar-refractivity contribution in [2.75, 3.05) is 6.54 Å². The summed E-state index contributed by atoms with van der Waals surface area (Å²) in [5, 5.41) is 14.9. The van der Waals surface area contributed by atoms with Gasteiger partial charge in [-0.1, -0.05) is 30.6 Å². The minimum Gasteiger partial charge on any atom is -0.409 e. The maximum atomic E-state index is 11.9. The van der Waals surface area contributed by atoms with Crippen molar-refractivity contribution >= 4 is 39.3 Å². The van der Waals surface area contributed by atoms with Gasteiger partial charge in [0.2, 0.25) is 0 Å². The molecule has 5 nitrogen and oxygen atoms in total. The second kappa shape index (κ2) is 6.25. The van der Waals surface area contributed by atoms with Crippen LogP contribution in [-0.2, 0) is 0 Å². The Balaban J connectivity index is 2.73. The van der Waals surface area contributed by atoms with E-state index >= 15 is 0 Å². The molecule has 4 N–H and O–H groups in total. The highest BCUT2D eigenvalue weighted by Crippen LogP contribution is 2.23. The quantitative estimate of drug-likeness (QED) is 0.338. The zero-order chi connectivity index (χ0) is 14.6. The number of nitrogens with zero attached hydrogens (tertiary/aromatic N) is 1. The third-order valence-electron chi connectivity index (χ3n) is 2.67. The maximum absolute atomic E-state index is 11.9. The highest BCUT2D eigenvalue weighted by Gasteiger charge is 2.24. The van der Waals surface area contributed by atoms with E-state index in [1.807, 2.05) is 0 Å². The van der Waals surface area contributed by atoms with Crippen LogP contribution < -0.4 is 11.1 Å². The largest absolute Gasteiger partial charge is 0.409 e.